The van der Waals surface area contributed by atoms with Crippen molar-refractivity contribution in [2.75, 3.05) is 0 Å². The van der Waals surface area contributed by atoms with Crippen molar-refractivity contribution in [3.05, 3.63) is 11.8 Å². The highest BCUT2D eigenvalue weighted by molar-refractivity contribution is 5.84. The van der Waals surface area contributed by atoms with Crippen molar-refractivity contribution in [3.8, 4) is 0 Å². The SMILES string of the molecule is Cc1nnc([C@H]2C[C@@H](NC(=O)C34CCC(C5(C)CC5)C3C3CCC5C6(C)CCC(O)C(C)(C)C6CCC5(C)C3(C)CC4)C2(C)C)o1. The van der Waals surface area contributed by atoms with E-state index in [1.54, 1.807) is 0 Å². The molecule has 1 aromatic heterocycles. The van der Waals surface area contributed by atoms with Gasteiger partial charge in [-0.05, 0) is 146 Å². The van der Waals surface area contributed by atoms with E-state index in [0.29, 0.717) is 46.8 Å². The fourth-order valence-electron chi connectivity index (χ4n) is 14.7. The Morgan fingerprint density at radius 1 is 0.761 bits per heavy atom. The predicted molar refractivity (Wildman–Crippen MR) is 180 cm³/mol. The molecule has 1 amide bonds. The van der Waals surface area contributed by atoms with Crippen LogP contribution in [-0.2, 0) is 4.79 Å². The van der Waals surface area contributed by atoms with Crippen LogP contribution < -0.4 is 5.32 Å². The fraction of sp³-hybridized carbons (Fsp3) is 0.925. The minimum absolute atomic E-state index is 0.0142. The Labute approximate surface area is 278 Å². The first kappa shape index (κ1) is 31.8. The number of carbonyl (C=O) groups is 1. The summed E-state index contributed by atoms with van der Waals surface area (Å²) in [4.78, 5) is 14.9. The zero-order valence-corrected chi connectivity index (χ0v) is 30.5. The van der Waals surface area contributed by atoms with Gasteiger partial charge < -0.3 is 14.8 Å². The second-order valence-electron chi connectivity index (χ2n) is 20.3. The number of rotatable bonds is 4. The Kier molecular flexibility index (Phi) is 6.66. The van der Waals surface area contributed by atoms with E-state index in [-0.39, 0.29) is 50.6 Å². The molecule has 46 heavy (non-hydrogen) atoms. The summed E-state index contributed by atoms with van der Waals surface area (Å²) in [6, 6.07) is 0.143. The van der Waals surface area contributed by atoms with Gasteiger partial charge in [0.05, 0.1) is 11.5 Å². The van der Waals surface area contributed by atoms with Crippen molar-refractivity contribution in [2.45, 2.75) is 164 Å². The molecule has 0 aliphatic heterocycles. The Bertz CT molecular complexity index is 1410. The standard InChI is InChI=1S/C40H63N3O3/c1-23-42-43-32(46-23)26-22-29(34(26,2)3)41-33(45)40-17-12-24(36(6)18-19-36)31(40)25-10-11-28-37(7)15-14-30(44)35(4,5)27(37)13-16-39(28,9)38(25,8)20-21-40/h24-31,44H,10-22H2,1-9H3,(H,41,45)/t24?,25?,26-,27?,28?,29-,30?,31?,37?,38?,39?,40?/m1/s1. The number of aryl methyl sites for hydroxylation is 1. The maximum Gasteiger partial charge on any atom is 0.226 e. The van der Waals surface area contributed by atoms with Gasteiger partial charge in [-0.15, -0.1) is 10.2 Å². The number of nitrogens with zero attached hydrogens (tertiary/aromatic N) is 2. The summed E-state index contributed by atoms with van der Waals surface area (Å²) in [6.07, 6.45) is 15.1. The third-order valence-corrected chi connectivity index (χ3v) is 18.2. The van der Waals surface area contributed by atoms with E-state index in [1.807, 2.05) is 6.92 Å². The number of fused-ring (bicyclic) bond motifs is 7. The van der Waals surface area contributed by atoms with Crippen LogP contribution in [0.2, 0.25) is 0 Å². The number of aliphatic hydroxyl groups is 1. The number of hydrogen-bond donors (Lipinski definition) is 2. The maximum absolute atomic E-state index is 14.9. The van der Waals surface area contributed by atoms with Gasteiger partial charge in [0.25, 0.3) is 0 Å². The molecular weight excluding hydrogens is 570 g/mol. The summed E-state index contributed by atoms with van der Waals surface area (Å²) in [6.45, 7) is 21.7. The van der Waals surface area contributed by atoms with E-state index in [1.165, 1.54) is 57.8 Å². The number of nitrogens with one attached hydrogen (secondary N) is 1. The molecule has 0 spiro atoms. The summed E-state index contributed by atoms with van der Waals surface area (Å²) in [7, 11) is 0. The van der Waals surface area contributed by atoms with Crippen LogP contribution in [-0.4, -0.2) is 33.4 Å². The van der Waals surface area contributed by atoms with Crippen molar-refractivity contribution in [3.63, 3.8) is 0 Å². The van der Waals surface area contributed by atoms with Crippen LogP contribution in [0.1, 0.15) is 157 Å². The van der Waals surface area contributed by atoms with Gasteiger partial charge in [-0.3, -0.25) is 4.79 Å². The Morgan fingerprint density at radius 2 is 1.50 bits per heavy atom. The predicted octanol–water partition coefficient (Wildman–Crippen LogP) is 8.62. The number of carbonyl (C=O) groups excluding carboxylic acids is 1. The van der Waals surface area contributed by atoms with Crippen molar-refractivity contribution >= 4 is 5.91 Å². The normalized spacial score (nSPS) is 51.1. The third-order valence-electron chi connectivity index (χ3n) is 18.2. The van der Waals surface area contributed by atoms with E-state index in [2.05, 4.69) is 70.9 Å². The molecule has 12 atom stereocenters. The number of aliphatic hydroxyl groups excluding tert-OH is 1. The molecule has 2 N–H and O–H groups in total. The van der Waals surface area contributed by atoms with Crippen LogP contribution in [0.3, 0.4) is 0 Å². The monoisotopic (exact) mass is 633 g/mol. The second-order valence-corrected chi connectivity index (χ2v) is 20.3. The van der Waals surface area contributed by atoms with Crippen molar-refractivity contribution in [1.82, 2.24) is 15.5 Å². The van der Waals surface area contributed by atoms with E-state index >= 15 is 0 Å². The van der Waals surface area contributed by atoms with E-state index in [0.717, 1.165) is 31.6 Å². The Hall–Kier alpha value is -1.43. The molecule has 256 valence electrons. The van der Waals surface area contributed by atoms with E-state index < -0.39 is 0 Å². The zero-order valence-electron chi connectivity index (χ0n) is 30.5. The molecular formula is C40H63N3O3. The lowest BCUT2D eigenvalue weighted by molar-refractivity contribution is -0.248. The molecule has 0 radical (unpaired) electrons. The van der Waals surface area contributed by atoms with Gasteiger partial charge in [0.2, 0.25) is 17.7 Å². The highest BCUT2D eigenvalue weighted by Gasteiger charge is 2.73. The Morgan fingerprint density at radius 3 is 2.15 bits per heavy atom. The minimum Gasteiger partial charge on any atom is -0.425 e. The average molecular weight is 634 g/mol. The van der Waals surface area contributed by atoms with Crippen molar-refractivity contribution < 1.29 is 14.3 Å². The summed E-state index contributed by atoms with van der Waals surface area (Å²) in [5.41, 5.74) is 0.895. The third kappa shape index (κ3) is 3.89. The van der Waals surface area contributed by atoms with E-state index in [9.17, 15) is 9.90 Å². The number of aromatic nitrogens is 2. The largest absolute Gasteiger partial charge is 0.425 e. The van der Waals surface area contributed by atoms with Crippen LogP contribution in [0.4, 0.5) is 0 Å². The highest BCUT2D eigenvalue weighted by Crippen LogP contribution is 2.79. The topological polar surface area (TPSA) is 88.2 Å². The first-order valence-electron chi connectivity index (χ1n) is 19.2. The molecule has 6 nitrogen and oxygen atoms in total. The fourth-order valence-corrected chi connectivity index (χ4v) is 14.7. The minimum atomic E-state index is -0.232. The molecule has 0 bridgehead atoms. The smallest absolute Gasteiger partial charge is 0.226 e. The highest BCUT2D eigenvalue weighted by atomic mass is 16.4. The van der Waals surface area contributed by atoms with Gasteiger partial charge in [0, 0.05) is 18.9 Å². The quantitative estimate of drug-likeness (QED) is 0.347. The second kappa shape index (κ2) is 9.63. The van der Waals surface area contributed by atoms with Gasteiger partial charge in [-0.1, -0.05) is 55.4 Å². The van der Waals surface area contributed by atoms with Gasteiger partial charge in [-0.2, -0.15) is 0 Å². The van der Waals surface area contributed by atoms with Gasteiger partial charge in [-0.25, -0.2) is 0 Å². The lowest BCUT2D eigenvalue weighted by Gasteiger charge is -2.73. The number of hydrogen-bond acceptors (Lipinski definition) is 5. The lowest BCUT2D eigenvalue weighted by atomic mass is 9.32. The lowest BCUT2D eigenvalue weighted by Crippen LogP contribution is -2.68. The zero-order chi connectivity index (χ0) is 32.9. The van der Waals surface area contributed by atoms with Gasteiger partial charge in [0.15, 0.2) is 0 Å². The first-order valence-corrected chi connectivity index (χ1v) is 19.2. The van der Waals surface area contributed by atoms with Crippen LogP contribution in [0.25, 0.3) is 0 Å². The molecule has 7 saturated carbocycles. The van der Waals surface area contributed by atoms with Gasteiger partial charge in [0.1, 0.15) is 0 Å². The molecule has 1 heterocycles. The maximum atomic E-state index is 14.9. The van der Waals surface area contributed by atoms with Crippen LogP contribution >= 0.6 is 0 Å². The molecule has 7 aliphatic rings. The molecule has 7 fully saturated rings. The first-order chi connectivity index (χ1) is 21.4. The molecule has 1 aromatic rings. The summed E-state index contributed by atoms with van der Waals surface area (Å²) in [5.74, 6) is 4.97. The molecule has 0 aromatic carbocycles. The average Bonchev–Trinajstić information content (AvgIpc) is 3.39. The van der Waals surface area contributed by atoms with E-state index in [4.69, 9.17) is 4.42 Å². The summed E-state index contributed by atoms with van der Waals surface area (Å²) >= 11 is 0. The van der Waals surface area contributed by atoms with Crippen LogP contribution in [0.15, 0.2) is 4.42 Å². The van der Waals surface area contributed by atoms with Crippen LogP contribution in [0.5, 0.6) is 0 Å². The Balaban J connectivity index is 1.10. The van der Waals surface area contributed by atoms with Crippen molar-refractivity contribution in [1.29, 1.82) is 0 Å². The summed E-state index contributed by atoms with van der Waals surface area (Å²) < 4.78 is 5.85. The molecule has 7 aliphatic carbocycles. The molecule has 10 unspecified atom stereocenters. The van der Waals surface area contributed by atoms with Crippen LogP contribution in [0, 0.1) is 74.4 Å². The van der Waals surface area contributed by atoms with Crippen molar-refractivity contribution in [2.24, 2.45) is 67.5 Å². The van der Waals surface area contributed by atoms with Gasteiger partial charge >= 0.3 is 0 Å². The summed E-state index contributed by atoms with van der Waals surface area (Å²) in [5, 5.41) is 23.3. The molecule has 6 heteroatoms. The molecule has 8 rings (SSSR count). The number of amides is 1. The molecule has 0 saturated heterocycles.